The number of hydrogen-bond donors (Lipinski definition) is 0. The maximum Gasteiger partial charge on any atom is 0.280 e. The number of aromatic nitrogens is 1. The minimum Gasteiger partial charge on any atom is -0.311 e. The lowest BCUT2D eigenvalue weighted by Gasteiger charge is -2.04. The van der Waals surface area contributed by atoms with Gasteiger partial charge in [0.1, 0.15) is 0 Å². The Hall–Kier alpha value is -2.40. The first-order chi connectivity index (χ1) is 13.1. The van der Waals surface area contributed by atoms with Crippen molar-refractivity contribution in [2.75, 3.05) is 0 Å². The molecule has 0 atom stereocenters. The summed E-state index contributed by atoms with van der Waals surface area (Å²) >= 11 is 13.9. The van der Waals surface area contributed by atoms with Gasteiger partial charge < -0.3 is 4.57 Å². The third kappa shape index (κ3) is 3.32. The van der Waals surface area contributed by atoms with Crippen molar-refractivity contribution in [3.8, 4) is 0 Å². The normalized spacial score (nSPS) is 12.0. The van der Waals surface area contributed by atoms with Gasteiger partial charge in [-0.1, -0.05) is 77.0 Å². The molecular formula is C21H14Cl2N2OS. The van der Waals surface area contributed by atoms with Crippen molar-refractivity contribution in [3.63, 3.8) is 0 Å². The summed E-state index contributed by atoms with van der Waals surface area (Å²) in [5.74, 6) is -0.293. The third-order valence-electron chi connectivity index (χ3n) is 4.22. The average molecular weight is 413 g/mol. The molecule has 0 spiro atoms. The Morgan fingerprint density at radius 3 is 2.74 bits per heavy atom. The van der Waals surface area contributed by atoms with Gasteiger partial charge >= 0.3 is 0 Å². The summed E-state index contributed by atoms with van der Waals surface area (Å²) in [7, 11) is 0. The maximum absolute atomic E-state index is 13.0. The Balaban J connectivity index is 1.94. The van der Waals surface area contributed by atoms with E-state index in [1.807, 2.05) is 47.0 Å². The van der Waals surface area contributed by atoms with Crippen LogP contribution in [0.3, 0.4) is 0 Å². The van der Waals surface area contributed by atoms with Crippen LogP contribution < -0.4 is 4.80 Å². The van der Waals surface area contributed by atoms with Crippen LogP contribution in [0.2, 0.25) is 10.0 Å². The molecular weight excluding hydrogens is 399 g/mol. The molecule has 0 fully saturated rings. The zero-order chi connectivity index (χ0) is 19.0. The Morgan fingerprint density at radius 2 is 1.93 bits per heavy atom. The zero-order valence-electron chi connectivity index (χ0n) is 14.2. The Morgan fingerprint density at radius 1 is 1.15 bits per heavy atom. The SMILES string of the molecule is C=CCn1c(=NC(=O)c2cccc3ccccc23)sc2cc(Cl)cc(Cl)c21. The van der Waals surface area contributed by atoms with Crippen molar-refractivity contribution in [2.24, 2.45) is 4.99 Å². The third-order valence-corrected chi connectivity index (χ3v) is 5.76. The highest BCUT2D eigenvalue weighted by Gasteiger charge is 2.13. The molecule has 3 aromatic carbocycles. The van der Waals surface area contributed by atoms with Gasteiger partial charge in [-0.25, -0.2) is 0 Å². The maximum atomic E-state index is 13.0. The van der Waals surface area contributed by atoms with Crippen LogP contribution >= 0.6 is 34.5 Å². The molecule has 4 rings (SSSR count). The zero-order valence-corrected chi connectivity index (χ0v) is 16.5. The summed E-state index contributed by atoms with van der Waals surface area (Å²) in [5, 5.41) is 2.95. The van der Waals surface area contributed by atoms with Gasteiger partial charge in [-0.3, -0.25) is 4.79 Å². The second kappa shape index (κ2) is 7.31. The largest absolute Gasteiger partial charge is 0.311 e. The van der Waals surface area contributed by atoms with Crippen molar-refractivity contribution in [2.45, 2.75) is 6.54 Å². The van der Waals surface area contributed by atoms with Crippen LogP contribution in [0.5, 0.6) is 0 Å². The van der Waals surface area contributed by atoms with E-state index in [0.29, 0.717) is 27.0 Å². The van der Waals surface area contributed by atoms with E-state index in [4.69, 9.17) is 23.2 Å². The number of hydrogen-bond acceptors (Lipinski definition) is 2. The highest BCUT2D eigenvalue weighted by Crippen LogP contribution is 2.30. The molecule has 1 aromatic heterocycles. The standard InChI is InChI=1S/C21H14Cl2N2OS/c1-2-10-25-19-17(23)11-14(22)12-18(19)27-21(25)24-20(26)16-9-5-7-13-6-3-4-8-15(13)16/h2-9,11-12H,1,10H2. The highest BCUT2D eigenvalue weighted by atomic mass is 35.5. The molecule has 27 heavy (non-hydrogen) atoms. The summed E-state index contributed by atoms with van der Waals surface area (Å²) in [6.07, 6.45) is 1.75. The van der Waals surface area contributed by atoms with Crippen LogP contribution in [-0.2, 0) is 6.54 Å². The average Bonchev–Trinajstić information content (AvgIpc) is 2.98. The van der Waals surface area contributed by atoms with E-state index in [1.54, 1.807) is 18.2 Å². The Kier molecular flexibility index (Phi) is 4.87. The number of halogens is 2. The first-order valence-corrected chi connectivity index (χ1v) is 9.82. The molecule has 0 radical (unpaired) electrons. The molecule has 0 saturated heterocycles. The first kappa shape index (κ1) is 18.0. The molecule has 1 amide bonds. The smallest absolute Gasteiger partial charge is 0.280 e. The topological polar surface area (TPSA) is 34.4 Å². The molecule has 0 aliphatic rings. The molecule has 134 valence electrons. The molecule has 1 heterocycles. The number of amides is 1. The summed E-state index contributed by atoms with van der Waals surface area (Å²) in [6.45, 7) is 4.29. The molecule has 0 saturated carbocycles. The van der Waals surface area contributed by atoms with Gasteiger partial charge in [-0.15, -0.1) is 6.58 Å². The molecule has 0 aliphatic heterocycles. The van der Waals surface area contributed by atoms with E-state index >= 15 is 0 Å². The van der Waals surface area contributed by atoms with E-state index in [1.165, 1.54) is 11.3 Å². The van der Waals surface area contributed by atoms with E-state index in [-0.39, 0.29) is 5.91 Å². The van der Waals surface area contributed by atoms with Gasteiger partial charge in [-0.2, -0.15) is 4.99 Å². The van der Waals surface area contributed by atoms with Crippen LogP contribution in [0.4, 0.5) is 0 Å². The molecule has 4 aromatic rings. The van der Waals surface area contributed by atoms with E-state index < -0.39 is 0 Å². The van der Waals surface area contributed by atoms with Crippen molar-refractivity contribution in [3.05, 3.63) is 87.7 Å². The predicted octanol–water partition coefficient (Wildman–Crippen LogP) is 6.09. The van der Waals surface area contributed by atoms with Crippen molar-refractivity contribution >= 4 is 61.4 Å². The summed E-state index contributed by atoms with van der Waals surface area (Å²) in [4.78, 5) is 17.9. The van der Waals surface area contributed by atoms with E-state index in [9.17, 15) is 4.79 Å². The van der Waals surface area contributed by atoms with Gasteiger partial charge in [0.15, 0.2) is 4.80 Å². The number of carbonyl (C=O) groups is 1. The molecule has 3 nitrogen and oxygen atoms in total. The predicted molar refractivity (Wildman–Crippen MR) is 114 cm³/mol. The first-order valence-electron chi connectivity index (χ1n) is 8.24. The van der Waals surface area contributed by atoms with Crippen LogP contribution in [0.25, 0.3) is 21.0 Å². The molecule has 0 aliphatic carbocycles. The second-order valence-electron chi connectivity index (χ2n) is 5.96. The fourth-order valence-corrected chi connectivity index (χ4v) is 4.89. The monoisotopic (exact) mass is 412 g/mol. The van der Waals surface area contributed by atoms with Gasteiger partial charge in [-0.05, 0) is 29.0 Å². The minimum absolute atomic E-state index is 0.293. The summed E-state index contributed by atoms with van der Waals surface area (Å²) in [6, 6.07) is 16.9. The highest BCUT2D eigenvalue weighted by molar-refractivity contribution is 7.16. The molecule has 6 heteroatoms. The second-order valence-corrected chi connectivity index (χ2v) is 7.81. The number of carbonyl (C=O) groups excluding carboxylic acids is 1. The van der Waals surface area contributed by atoms with Crippen LogP contribution in [0.1, 0.15) is 10.4 Å². The van der Waals surface area contributed by atoms with Crippen LogP contribution in [-0.4, -0.2) is 10.5 Å². The lowest BCUT2D eigenvalue weighted by atomic mass is 10.0. The number of nitrogens with zero attached hydrogens (tertiary/aromatic N) is 2. The van der Waals surface area contributed by atoms with Crippen molar-refractivity contribution in [1.29, 1.82) is 0 Å². The minimum atomic E-state index is -0.293. The fourth-order valence-electron chi connectivity index (χ4n) is 3.07. The van der Waals surface area contributed by atoms with Gasteiger partial charge in [0.2, 0.25) is 0 Å². The van der Waals surface area contributed by atoms with Crippen LogP contribution in [0.15, 0.2) is 72.2 Å². The number of rotatable bonds is 3. The Bertz CT molecular complexity index is 1270. The number of thiazole rings is 1. The molecule has 0 bridgehead atoms. The van der Waals surface area contributed by atoms with E-state index in [2.05, 4.69) is 11.6 Å². The lowest BCUT2D eigenvalue weighted by molar-refractivity contribution is 0.0999. The van der Waals surface area contributed by atoms with Gasteiger partial charge in [0.25, 0.3) is 5.91 Å². The van der Waals surface area contributed by atoms with Crippen molar-refractivity contribution < 1.29 is 4.79 Å². The number of fused-ring (bicyclic) bond motifs is 2. The lowest BCUT2D eigenvalue weighted by Crippen LogP contribution is -2.16. The fraction of sp³-hybridized carbons (Fsp3) is 0.0476. The number of benzene rings is 3. The van der Waals surface area contributed by atoms with Gasteiger partial charge in [0.05, 0.1) is 15.2 Å². The summed E-state index contributed by atoms with van der Waals surface area (Å²) in [5.41, 5.74) is 1.37. The number of allylic oxidation sites excluding steroid dienone is 1. The van der Waals surface area contributed by atoms with Crippen LogP contribution in [0, 0.1) is 0 Å². The molecule has 0 N–H and O–H groups in total. The van der Waals surface area contributed by atoms with E-state index in [0.717, 1.165) is 21.0 Å². The Labute approximate surface area is 169 Å². The quantitative estimate of drug-likeness (QED) is 0.374. The van der Waals surface area contributed by atoms with Crippen molar-refractivity contribution in [1.82, 2.24) is 4.57 Å². The van der Waals surface area contributed by atoms with Gasteiger partial charge in [0, 0.05) is 17.1 Å². The summed E-state index contributed by atoms with van der Waals surface area (Å²) < 4.78 is 2.76. The molecule has 0 unspecified atom stereocenters.